The van der Waals surface area contributed by atoms with E-state index in [0.29, 0.717) is 37.9 Å². The van der Waals surface area contributed by atoms with E-state index in [1.54, 1.807) is 12.4 Å². The number of morpholine rings is 1. The molecule has 2 aliphatic rings. The van der Waals surface area contributed by atoms with Gasteiger partial charge in [-0.05, 0) is 12.5 Å². The third-order valence-electron chi connectivity index (χ3n) is 5.30. The lowest BCUT2D eigenvalue weighted by Crippen LogP contribution is -2.48. The van der Waals surface area contributed by atoms with Crippen LogP contribution in [0.25, 0.3) is 0 Å². The summed E-state index contributed by atoms with van der Waals surface area (Å²) in [7, 11) is 0. The Hall–Kier alpha value is -2.52. The van der Waals surface area contributed by atoms with Gasteiger partial charge in [0.2, 0.25) is 11.8 Å². The average molecular weight is 386 g/mol. The molecule has 0 aromatic carbocycles. The fourth-order valence-electron chi connectivity index (χ4n) is 3.64. The molecule has 0 aliphatic carbocycles. The van der Waals surface area contributed by atoms with Gasteiger partial charge in [0.05, 0.1) is 25.8 Å². The molecule has 4 heterocycles. The van der Waals surface area contributed by atoms with Crippen LogP contribution in [0.5, 0.6) is 0 Å². The number of piperazine rings is 1. The lowest BCUT2D eigenvalue weighted by molar-refractivity contribution is -0.00311. The van der Waals surface area contributed by atoms with Gasteiger partial charge in [-0.15, -0.1) is 0 Å². The Labute approximate surface area is 164 Å². The molecule has 0 bridgehead atoms. The van der Waals surface area contributed by atoms with E-state index >= 15 is 0 Å². The Bertz CT molecular complexity index is 775. The van der Waals surface area contributed by atoms with Crippen LogP contribution in [0, 0.1) is 0 Å². The van der Waals surface area contributed by atoms with Gasteiger partial charge < -0.3 is 19.0 Å². The van der Waals surface area contributed by atoms with Crippen molar-refractivity contribution in [2.75, 3.05) is 50.8 Å². The zero-order valence-electron chi connectivity index (χ0n) is 16.2. The zero-order valence-corrected chi connectivity index (χ0v) is 16.2. The number of amides is 1. The number of oxazole rings is 1. The standard InChI is InChI=1S/C19H26N6O3/c1-2-15-13-27-11-10-25(15)18(26)16-14-28-17(22-16)12-23-6-8-24(9-7-23)19-20-4-3-5-21-19/h3-5,14-15H,2,6-13H2,1H3/t15-/m0/s1. The Morgan fingerprint density at radius 3 is 2.71 bits per heavy atom. The summed E-state index contributed by atoms with van der Waals surface area (Å²) < 4.78 is 11.1. The summed E-state index contributed by atoms with van der Waals surface area (Å²) in [6.45, 7) is 7.85. The number of anilines is 1. The van der Waals surface area contributed by atoms with E-state index in [0.717, 1.165) is 38.5 Å². The SMILES string of the molecule is CC[C@H]1COCCN1C(=O)c1coc(CN2CCN(c3ncccn3)CC2)n1. The summed E-state index contributed by atoms with van der Waals surface area (Å²) in [5.74, 6) is 1.27. The summed E-state index contributed by atoms with van der Waals surface area (Å²) >= 11 is 0. The van der Waals surface area contributed by atoms with Gasteiger partial charge in [-0.3, -0.25) is 9.69 Å². The first-order chi connectivity index (χ1) is 13.7. The molecule has 2 aromatic rings. The minimum Gasteiger partial charge on any atom is -0.447 e. The second-order valence-corrected chi connectivity index (χ2v) is 7.07. The Balaban J connectivity index is 1.32. The van der Waals surface area contributed by atoms with E-state index in [1.807, 2.05) is 11.0 Å². The van der Waals surface area contributed by atoms with Crippen molar-refractivity contribution >= 4 is 11.9 Å². The van der Waals surface area contributed by atoms with Crippen LogP contribution >= 0.6 is 0 Å². The fourth-order valence-corrected chi connectivity index (χ4v) is 3.64. The van der Waals surface area contributed by atoms with Crippen molar-refractivity contribution in [2.45, 2.75) is 25.9 Å². The summed E-state index contributed by atoms with van der Waals surface area (Å²) in [6, 6.07) is 1.93. The number of nitrogens with zero attached hydrogens (tertiary/aromatic N) is 6. The molecule has 150 valence electrons. The number of rotatable bonds is 5. The average Bonchev–Trinajstić information content (AvgIpc) is 3.23. The predicted molar refractivity (Wildman–Crippen MR) is 102 cm³/mol. The topological polar surface area (TPSA) is 87.8 Å². The van der Waals surface area contributed by atoms with Crippen LogP contribution in [0.2, 0.25) is 0 Å². The Morgan fingerprint density at radius 1 is 1.18 bits per heavy atom. The summed E-state index contributed by atoms with van der Waals surface area (Å²) in [4.78, 5) is 32.1. The van der Waals surface area contributed by atoms with Crippen molar-refractivity contribution in [3.63, 3.8) is 0 Å². The first-order valence-corrected chi connectivity index (χ1v) is 9.82. The minimum atomic E-state index is -0.0730. The lowest BCUT2D eigenvalue weighted by atomic mass is 10.1. The number of ether oxygens (including phenoxy) is 1. The normalized spacial score (nSPS) is 21.1. The third kappa shape index (κ3) is 4.15. The molecule has 0 N–H and O–H groups in total. The monoisotopic (exact) mass is 386 g/mol. The number of hydrogen-bond donors (Lipinski definition) is 0. The number of carbonyl (C=O) groups excluding carboxylic acids is 1. The molecule has 1 amide bonds. The van der Waals surface area contributed by atoms with Gasteiger partial charge in [0.15, 0.2) is 5.69 Å². The van der Waals surface area contributed by atoms with E-state index in [9.17, 15) is 4.79 Å². The van der Waals surface area contributed by atoms with Crippen molar-refractivity contribution in [1.29, 1.82) is 0 Å². The molecule has 0 spiro atoms. The van der Waals surface area contributed by atoms with E-state index < -0.39 is 0 Å². The highest BCUT2D eigenvalue weighted by atomic mass is 16.5. The van der Waals surface area contributed by atoms with Crippen LogP contribution in [0.15, 0.2) is 29.1 Å². The second kappa shape index (κ2) is 8.66. The van der Waals surface area contributed by atoms with Crippen LogP contribution in [0.3, 0.4) is 0 Å². The van der Waals surface area contributed by atoms with Gasteiger partial charge in [-0.2, -0.15) is 0 Å². The fraction of sp³-hybridized carbons (Fsp3) is 0.579. The summed E-state index contributed by atoms with van der Waals surface area (Å²) in [5, 5.41) is 0. The molecule has 0 unspecified atom stereocenters. The molecule has 9 heteroatoms. The Morgan fingerprint density at radius 2 is 1.96 bits per heavy atom. The molecular weight excluding hydrogens is 360 g/mol. The van der Waals surface area contributed by atoms with E-state index in [1.165, 1.54) is 6.26 Å². The van der Waals surface area contributed by atoms with Gasteiger partial charge in [-0.25, -0.2) is 15.0 Å². The first kappa shape index (κ1) is 18.8. The number of hydrogen-bond acceptors (Lipinski definition) is 8. The van der Waals surface area contributed by atoms with Crippen LogP contribution < -0.4 is 4.90 Å². The molecule has 2 fully saturated rings. The summed E-state index contributed by atoms with van der Waals surface area (Å²) in [6.07, 6.45) is 5.87. The molecular formula is C19H26N6O3. The minimum absolute atomic E-state index is 0.0730. The summed E-state index contributed by atoms with van der Waals surface area (Å²) in [5.41, 5.74) is 0.381. The molecule has 4 rings (SSSR count). The molecule has 1 atom stereocenters. The van der Waals surface area contributed by atoms with Crippen molar-refractivity contribution < 1.29 is 13.9 Å². The lowest BCUT2D eigenvalue weighted by Gasteiger charge is -2.34. The maximum Gasteiger partial charge on any atom is 0.276 e. The van der Waals surface area contributed by atoms with Gasteiger partial charge >= 0.3 is 0 Å². The van der Waals surface area contributed by atoms with Crippen LogP contribution in [0.4, 0.5) is 5.95 Å². The van der Waals surface area contributed by atoms with Gasteiger partial charge in [0, 0.05) is 45.1 Å². The first-order valence-electron chi connectivity index (χ1n) is 9.82. The van der Waals surface area contributed by atoms with Crippen molar-refractivity contribution in [3.05, 3.63) is 36.3 Å². The van der Waals surface area contributed by atoms with Crippen LogP contribution in [-0.4, -0.2) is 82.6 Å². The largest absolute Gasteiger partial charge is 0.447 e. The molecule has 2 saturated heterocycles. The maximum absolute atomic E-state index is 12.8. The highest BCUT2D eigenvalue weighted by Gasteiger charge is 2.29. The zero-order chi connectivity index (χ0) is 19.3. The molecule has 2 aliphatic heterocycles. The van der Waals surface area contributed by atoms with Crippen molar-refractivity contribution in [1.82, 2.24) is 24.8 Å². The molecule has 0 saturated carbocycles. The number of carbonyl (C=O) groups is 1. The van der Waals surface area contributed by atoms with Gasteiger partial charge in [0.25, 0.3) is 5.91 Å². The third-order valence-corrected chi connectivity index (χ3v) is 5.30. The van der Waals surface area contributed by atoms with Crippen molar-refractivity contribution in [3.8, 4) is 0 Å². The molecule has 0 radical (unpaired) electrons. The van der Waals surface area contributed by atoms with Crippen molar-refractivity contribution in [2.24, 2.45) is 0 Å². The maximum atomic E-state index is 12.8. The van der Waals surface area contributed by atoms with E-state index in [4.69, 9.17) is 9.15 Å². The Kier molecular flexibility index (Phi) is 5.82. The van der Waals surface area contributed by atoms with Gasteiger partial charge in [-0.1, -0.05) is 6.92 Å². The molecule has 2 aromatic heterocycles. The van der Waals surface area contributed by atoms with Gasteiger partial charge in [0.1, 0.15) is 6.26 Å². The second-order valence-electron chi connectivity index (χ2n) is 7.07. The van der Waals surface area contributed by atoms with Crippen LogP contribution in [-0.2, 0) is 11.3 Å². The highest BCUT2D eigenvalue weighted by molar-refractivity contribution is 5.92. The smallest absolute Gasteiger partial charge is 0.276 e. The predicted octanol–water partition coefficient (Wildman–Crippen LogP) is 1.04. The molecule has 9 nitrogen and oxygen atoms in total. The highest BCUT2D eigenvalue weighted by Crippen LogP contribution is 2.16. The quantitative estimate of drug-likeness (QED) is 0.753. The van der Waals surface area contributed by atoms with E-state index in [-0.39, 0.29) is 11.9 Å². The van der Waals surface area contributed by atoms with E-state index in [2.05, 4.69) is 31.7 Å². The molecule has 28 heavy (non-hydrogen) atoms. The van der Waals surface area contributed by atoms with Crippen LogP contribution in [0.1, 0.15) is 29.7 Å². The number of aromatic nitrogens is 3.